The summed E-state index contributed by atoms with van der Waals surface area (Å²) in [6.07, 6.45) is 2.63. The minimum atomic E-state index is -0.225. The Balaban J connectivity index is 1.67. The number of carbonyl (C=O) groups is 1. The Labute approximate surface area is 188 Å². The van der Waals surface area contributed by atoms with Crippen LogP contribution in [-0.2, 0) is 14.3 Å². The van der Waals surface area contributed by atoms with Crippen molar-refractivity contribution in [1.82, 2.24) is 15.4 Å². The van der Waals surface area contributed by atoms with E-state index in [1.807, 2.05) is 0 Å². The van der Waals surface area contributed by atoms with Crippen LogP contribution in [0, 0.1) is 6.92 Å². The van der Waals surface area contributed by atoms with Crippen molar-refractivity contribution in [3.05, 3.63) is 41.1 Å². The highest BCUT2D eigenvalue weighted by Gasteiger charge is 2.31. The van der Waals surface area contributed by atoms with Gasteiger partial charge in [-0.3, -0.25) is 4.79 Å². The number of likely N-dealkylation sites (tertiary alicyclic amines) is 1. The molecule has 1 aromatic heterocycles. The van der Waals surface area contributed by atoms with E-state index >= 15 is 0 Å². The summed E-state index contributed by atoms with van der Waals surface area (Å²) in [5, 5.41) is 7.55. The highest BCUT2D eigenvalue weighted by molar-refractivity contribution is 6.02. The molecule has 3 heterocycles. The fourth-order valence-corrected chi connectivity index (χ4v) is 3.95. The molecule has 0 bridgehead atoms. The molecule has 176 valence electrons. The van der Waals surface area contributed by atoms with Crippen molar-refractivity contribution in [2.24, 2.45) is 16.5 Å². The molecule has 0 saturated carbocycles. The minimum absolute atomic E-state index is 0.0497. The summed E-state index contributed by atoms with van der Waals surface area (Å²) in [5.74, 6) is 0.466. The maximum absolute atomic E-state index is 13.3. The van der Waals surface area contributed by atoms with Crippen LogP contribution in [0.15, 0.2) is 39.1 Å². The summed E-state index contributed by atoms with van der Waals surface area (Å²) >= 11 is 0. The predicted molar refractivity (Wildman–Crippen MR) is 121 cm³/mol. The molecule has 0 aliphatic carbocycles. The van der Waals surface area contributed by atoms with Crippen LogP contribution in [0.3, 0.4) is 0 Å². The van der Waals surface area contributed by atoms with Crippen molar-refractivity contribution in [3.63, 3.8) is 0 Å². The molecule has 0 aromatic carbocycles. The van der Waals surface area contributed by atoms with Crippen LogP contribution in [-0.4, -0.2) is 73.4 Å². The van der Waals surface area contributed by atoms with E-state index in [4.69, 9.17) is 25.5 Å². The van der Waals surface area contributed by atoms with E-state index < -0.39 is 0 Å². The fourth-order valence-electron chi connectivity index (χ4n) is 3.95. The molecule has 10 heteroatoms. The minimum Gasteiger partial charge on any atom is -0.399 e. The monoisotopic (exact) mass is 446 g/mol. The Hall–Kier alpha value is -2.69. The third-order valence-corrected chi connectivity index (χ3v) is 6.00. The molecule has 1 aromatic rings. The molecule has 2 atom stereocenters. The molecule has 2 fully saturated rings. The van der Waals surface area contributed by atoms with Gasteiger partial charge in [0.25, 0.3) is 5.91 Å². The number of piperidine rings is 1. The number of allylic oxidation sites excluding steroid dienone is 1. The molecular weight excluding hydrogens is 412 g/mol. The molecule has 3 rings (SSSR count). The van der Waals surface area contributed by atoms with Crippen LogP contribution in [0.5, 0.6) is 0 Å². The van der Waals surface area contributed by atoms with Crippen LogP contribution < -0.4 is 16.8 Å². The fraction of sp³-hybridized carbons (Fsp3) is 0.591. The van der Waals surface area contributed by atoms with Crippen molar-refractivity contribution in [2.75, 3.05) is 33.4 Å². The number of methoxy groups -OCH3 is 1. The average molecular weight is 447 g/mol. The highest BCUT2D eigenvalue weighted by atomic mass is 16.5. The topological polar surface area (TPSA) is 141 Å². The second kappa shape index (κ2) is 10.8. The number of nitrogens with zero attached hydrogens (tertiary/aromatic N) is 3. The van der Waals surface area contributed by atoms with Gasteiger partial charge in [-0.1, -0.05) is 11.7 Å². The molecule has 0 radical (unpaired) electrons. The van der Waals surface area contributed by atoms with Crippen LogP contribution in [0.1, 0.15) is 37.6 Å². The number of nitrogens with one attached hydrogen (secondary N) is 1. The first-order valence-electron chi connectivity index (χ1n) is 10.9. The summed E-state index contributed by atoms with van der Waals surface area (Å²) in [7, 11) is 1.71. The zero-order valence-electron chi connectivity index (χ0n) is 19.1. The Morgan fingerprint density at radius 1 is 1.34 bits per heavy atom. The Bertz CT molecular complexity index is 885. The SMILES string of the molecule is C=C(N)/C(C)=C(\N=C(/N)c1cc(C)on1)C(=O)N1CCC(N[C@H]2CCOC[C@H]2OC)CC1. The molecule has 2 aliphatic rings. The van der Waals surface area contributed by atoms with Crippen LogP contribution >= 0.6 is 0 Å². The molecular formula is C22H34N6O4. The second-order valence-corrected chi connectivity index (χ2v) is 8.30. The zero-order valence-corrected chi connectivity index (χ0v) is 19.1. The van der Waals surface area contributed by atoms with Gasteiger partial charge in [0.15, 0.2) is 5.84 Å². The Morgan fingerprint density at radius 3 is 2.66 bits per heavy atom. The number of ether oxygens (including phenoxy) is 2. The smallest absolute Gasteiger partial charge is 0.272 e. The molecule has 0 unspecified atom stereocenters. The van der Waals surface area contributed by atoms with E-state index in [-0.39, 0.29) is 35.3 Å². The molecule has 5 N–H and O–H groups in total. The van der Waals surface area contributed by atoms with Crippen molar-refractivity contribution >= 4 is 11.7 Å². The van der Waals surface area contributed by atoms with E-state index in [1.165, 1.54) is 0 Å². The quantitative estimate of drug-likeness (QED) is 0.242. The lowest BCUT2D eigenvalue weighted by Crippen LogP contribution is -2.54. The lowest BCUT2D eigenvalue weighted by atomic mass is 9.99. The van der Waals surface area contributed by atoms with Gasteiger partial charge in [-0.05, 0) is 33.1 Å². The number of hydrogen-bond donors (Lipinski definition) is 3. The second-order valence-electron chi connectivity index (χ2n) is 8.30. The maximum atomic E-state index is 13.3. The van der Waals surface area contributed by atoms with Gasteiger partial charge in [-0.15, -0.1) is 0 Å². The van der Waals surface area contributed by atoms with Crippen molar-refractivity contribution in [2.45, 2.75) is 51.3 Å². The molecule has 0 spiro atoms. The average Bonchev–Trinajstić information content (AvgIpc) is 3.23. The summed E-state index contributed by atoms with van der Waals surface area (Å²) in [6.45, 7) is 9.76. The Morgan fingerprint density at radius 2 is 2.06 bits per heavy atom. The zero-order chi connectivity index (χ0) is 23.3. The third-order valence-electron chi connectivity index (χ3n) is 6.00. The summed E-state index contributed by atoms with van der Waals surface area (Å²) < 4.78 is 16.1. The van der Waals surface area contributed by atoms with E-state index in [0.29, 0.717) is 42.8 Å². The molecule has 32 heavy (non-hydrogen) atoms. The maximum Gasteiger partial charge on any atom is 0.272 e. The van der Waals surface area contributed by atoms with Gasteiger partial charge in [0.2, 0.25) is 0 Å². The lowest BCUT2D eigenvalue weighted by molar-refractivity contribution is -0.128. The molecule has 2 saturated heterocycles. The van der Waals surface area contributed by atoms with Crippen molar-refractivity contribution in [1.29, 1.82) is 0 Å². The normalized spacial score (nSPS) is 23.7. The van der Waals surface area contributed by atoms with Crippen LogP contribution in [0.2, 0.25) is 0 Å². The number of amides is 1. The van der Waals surface area contributed by atoms with E-state index in [1.54, 1.807) is 31.9 Å². The first-order chi connectivity index (χ1) is 15.3. The number of aromatic nitrogens is 1. The highest BCUT2D eigenvalue weighted by Crippen LogP contribution is 2.20. The van der Waals surface area contributed by atoms with Gasteiger partial charge >= 0.3 is 0 Å². The molecule has 2 aliphatic heterocycles. The Kier molecular flexibility index (Phi) is 8.05. The molecule has 1 amide bonds. The summed E-state index contributed by atoms with van der Waals surface area (Å²) in [6, 6.07) is 2.23. The number of amidine groups is 1. The first-order valence-corrected chi connectivity index (χ1v) is 10.9. The predicted octanol–water partition coefficient (Wildman–Crippen LogP) is 0.819. The number of nitrogens with two attached hydrogens (primary N) is 2. The van der Waals surface area contributed by atoms with Gasteiger partial charge in [-0.25, -0.2) is 4.99 Å². The summed E-state index contributed by atoms with van der Waals surface area (Å²) in [5.41, 5.74) is 13.3. The number of aliphatic imine (C=N–C) groups is 1. The number of rotatable bonds is 7. The van der Waals surface area contributed by atoms with Crippen molar-refractivity contribution < 1.29 is 18.8 Å². The van der Waals surface area contributed by atoms with Gasteiger partial charge in [0.05, 0.1) is 12.7 Å². The number of aryl methyl sites for hydroxylation is 1. The lowest BCUT2D eigenvalue weighted by Gasteiger charge is -2.38. The van der Waals surface area contributed by atoms with Crippen LogP contribution in [0.25, 0.3) is 0 Å². The van der Waals surface area contributed by atoms with Crippen LogP contribution in [0.4, 0.5) is 0 Å². The first kappa shape index (κ1) is 24.0. The van der Waals surface area contributed by atoms with Gasteiger partial charge < -0.3 is 35.7 Å². The van der Waals surface area contributed by atoms with E-state index in [0.717, 1.165) is 25.9 Å². The van der Waals surface area contributed by atoms with Crippen molar-refractivity contribution in [3.8, 4) is 0 Å². The van der Waals surface area contributed by atoms with Gasteiger partial charge in [0.1, 0.15) is 17.2 Å². The van der Waals surface area contributed by atoms with Gasteiger partial charge in [-0.2, -0.15) is 0 Å². The van der Waals surface area contributed by atoms with E-state index in [2.05, 4.69) is 22.0 Å². The van der Waals surface area contributed by atoms with E-state index in [9.17, 15) is 4.79 Å². The molecule has 10 nitrogen and oxygen atoms in total. The third kappa shape index (κ3) is 5.76. The van der Waals surface area contributed by atoms with Gasteiger partial charge in [0, 0.05) is 56.2 Å². The summed E-state index contributed by atoms with van der Waals surface area (Å²) in [4.78, 5) is 19.5. The largest absolute Gasteiger partial charge is 0.399 e. The number of hydrogen-bond acceptors (Lipinski definition) is 8. The number of carbonyl (C=O) groups excluding carboxylic acids is 1. The standard InChI is InChI=1S/C22H34N6O4/c1-13-11-18(27-32-13)21(24)26-20(14(2)15(3)23)22(29)28-8-5-16(6-9-28)25-17-7-10-31-12-19(17)30-4/h11,16-17,19,25H,3,5-10,12,23H2,1-2,4H3,(H2,24,26)/b20-14-/t17-,19+/m0/s1.